The smallest absolute Gasteiger partial charge is 0.416 e. The molecule has 3 rings (SSSR count). The fraction of sp³-hybridized carbons (Fsp3) is 0.440. The molecule has 1 unspecified atom stereocenters. The highest BCUT2D eigenvalue weighted by molar-refractivity contribution is 5.92. The molecule has 5 N–H and O–H groups in total. The van der Waals surface area contributed by atoms with Gasteiger partial charge in [-0.15, -0.1) is 0 Å². The summed E-state index contributed by atoms with van der Waals surface area (Å²) >= 11 is 0. The van der Waals surface area contributed by atoms with E-state index >= 15 is 0 Å². The summed E-state index contributed by atoms with van der Waals surface area (Å²) in [6.07, 6.45) is -4.12. The number of nitrogens with two attached hydrogens (primary N) is 2. The van der Waals surface area contributed by atoms with Gasteiger partial charge in [0.2, 0.25) is 0 Å². The Bertz CT molecular complexity index is 1200. The van der Waals surface area contributed by atoms with Crippen LogP contribution in [0.4, 0.5) is 24.7 Å². The van der Waals surface area contributed by atoms with Crippen LogP contribution < -0.4 is 26.3 Å². The molecule has 1 aromatic heterocycles. The van der Waals surface area contributed by atoms with Gasteiger partial charge in [0.25, 0.3) is 0 Å². The Balaban J connectivity index is 1.97. The number of anilines is 2. The van der Waals surface area contributed by atoms with Crippen LogP contribution in [0.3, 0.4) is 0 Å². The van der Waals surface area contributed by atoms with Gasteiger partial charge in [0.15, 0.2) is 17.7 Å². The first-order valence-electron chi connectivity index (χ1n) is 11.6. The monoisotopic (exact) mass is 506 g/mol. The number of rotatable bonds is 10. The number of aromatic nitrogens is 2. The third-order valence-corrected chi connectivity index (χ3v) is 5.63. The number of fused-ring (bicyclic) bond motifs is 1. The topological polar surface area (TPSA) is 112 Å². The van der Waals surface area contributed by atoms with E-state index in [0.29, 0.717) is 46.2 Å². The number of nitrogen functional groups attached to an aromatic ring is 1. The van der Waals surface area contributed by atoms with Crippen LogP contribution in [0.2, 0.25) is 0 Å². The van der Waals surface area contributed by atoms with Gasteiger partial charge >= 0.3 is 6.18 Å². The molecule has 0 aliphatic heterocycles. The molecule has 0 aliphatic carbocycles. The van der Waals surface area contributed by atoms with Crippen LogP contribution >= 0.6 is 0 Å². The zero-order valence-electron chi connectivity index (χ0n) is 21.1. The number of hydrogen-bond donors (Lipinski definition) is 3. The van der Waals surface area contributed by atoms with Crippen LogP contribution in [0.5, 0.6) is 11.5 Å². The summed E-state index contributed by atoms with van der Waals surface area (Å²) in [6.45, 7) is 6.94. The van der Waals surface area contributed by atoms with Gasteiger partial charge in [0.05, 0.1) is 24.2 Å². The van der Waals surface area contributed by atoms with Gasteiger partial charge in [-0.2, -0.15) is 13.2 Å². The summed E-state index contributed by atoms with van der Waals surface area (Å²) in [7, 11) is 3.49. The van der Waals surface area contributed by atoms with Crippen molar-refractivity contribution in [1.82, 2.24) is 14.9 Å². The van der Waals surface area contributed by atoms with E-state index in [9.17, 15) is 13.2 Å². The van der Waals surface area contributed by atoms with Gasteiger partial charge in [0.1, 0.15) is 11.6 Å². The number of alkyl halides is 3. The van der Waals surface area contributed by atoms with Crippen molar-refractivity contribution in [3.8, 4) is 11.5 Å². The maximum atomic E-state index is 13.3. The van der Waals surface area contributed by atoms with E-state index in [1.165, 1.54) is 13.2 Å². The molecule has 0 radical (unpaired) electrons. The molecule has 0 fully saturated rings. The summed E-state index contributed by atoms with van der Waals surface area (Å²) in [5.74, 6) is 1.78. The zero-order chi connectivity index (χ0) is 26.6. The van der Waals surface area contributed by atoms with E-state index in [1.54, 1.807) is 26.0 Å². The summed E-state index contributed by atoms with van der Waals surface area (Å²) in [5, 5.41) is 3.81. The van der Waals surface area contributed by atoms with Crippen molar-refractivity contribution in [2.75, 3.05) is 38.3 Å². The number of nitrogens with one attached hydrogen (secondary N) is 1. The predicted octanol–water partition coefficient (Wildman–Crippen LogP) is 4.73. The average molecular weight is 507 g/mol. The van der Waals surface area contributed by atoms with E-state index in [2.05, 4.69) is 27.1 Å². The molecule has 0 amide bonds. The van der Waals surface area contributed by atoms with Crippen molar-refractivity contribution in [2.24, 2.45) is 5.73 Å². The van der Waals surface area contributed by atoms with Gasteiger partial charge in [-0.05, 0) is 63.7 Å². The Morgan fingerprint density at radius 3 is 2.47 bits per heavy atom. The maximum Gasteiger partial charge on any atom is 0.416 e. The first-order chi connectivity index (χ1) is 16.9. The highest BCUT2D eigenvalue weighted by Gasteiger charge is 2.31. The lowest BCUT2D eigenvalue weighted by Gasteiger charge is -2.23. The summed E-state index contributed by atoms with van der Waals surface area (Å²) in [6, 6.07) is 6.41. The molecule has 0 bridgehead atoms. The van der Waals surface area contributed by atoms with Crippen LogP contribution in [0.25, 0.3) is 10.9 Å². The molecule has 2 atom stereocenters. The van der Waals surface area contributed by atoms with E-state index < -0.39 is 24.0 Å². The quantitative estimate of drug-likeness (QED) is 0.267. The van der Waals surface area contributed by atoms with Crippen molar-refractivity contribution >= 4 is 22.4 Å². The molecule has 1 heterocycles. The van der Waals surface area contributed by atoms with E-state index in [1.807, 2.05) is 7.05 Å². The average Bonchev–Trinajstić information content (AvgIpc) is 2.78. The first-order valence-corrected chi connectivity index (χ1v) is 11.6. The minimum Gasteiger partial charge on any atom is -0.493 e. The normalized spacial score (nSPS) is 13.6. The molecule has 11 heteroatoms. The van der Waals surface area contributed by atoms with Crippen LogP contribution in [-0.2, 0) is 6.18 Å². The molecule has 2 aromatic carbocycles. The van der Waals surface area contributed by atoms with Crippen LogP contribution in [0.15, 0.2) is 30.3 Å². The first kappa shape index (κ1) is 27.3. The van der Waals surface area contributed by atoms with Crippen LogP contribution in [0.1, 0.15) is 43.3 Å². The lowest BCUT2D eigenvalue weighted by Crippen LogP contribution is -2.39. The lowest BCUT2D eigenvalue weighted by molar-refractivity contribution is -0.137. The number of halogens is 3. The fourth-order valence-corrected chi connectivity index (χ4v) is 3.97. The second-order valence-corrected chi connectivity index (χ2v) is 8.81. The van der Waals surface area contributed by atoms with Gasteiger partial charge in [-0.3, -0.25) is 5.73 Å². The van der Waals surface area contributed by atoms with Gasteiger partial charge in [-0.25, -0.2) is 9.97 Å². The standard InChI is InChI=1S/C25H33F3N6O2/c1-6-7-34(4)13-23(30)36-22-11-19-20(12-21(22)35-5)32-15(3)33-24(19)31-14(2)16-8-17(25(26,27)28)10-18(29)9-16/h8-12,14,23H,6-7,13,29-30H2,1-5H3,(H,31,32,33)/t14-,23?/m1/s1. The van der Waals surface area contributed by atoms with E-state index in [-0.39, 0.29) is 5.69 Å². The van der Waals surface area contributed by atoms with Gasteiger partial charge < -0.3 is 25.4 Å². The Morgan fingerprint density at radius 1 is 1.11 bits per heavy atom. The van der Waals surface area contributed by atoms with Crippen LogP contribution in [0, 0.1) is 6.92 Å². The third-order valence-electron chi connectivity index (χ3n) is 5.63. The Hall–Kier alpha value is -3.31. The summed E-state index contributed by atoms with van der Waals surface area (Å²) in [5.41, 5.74) is 12.1. The highest BCUT2D eigenvalue weighted by Crippen LogP contribution is 2.37. The molecule has 0 saturated heterocycles. The number of hydrogen-bond acceptors (Lipinski definition) is 8. The molecule has 36 heavy (non-hydrogen) atoms. The number of ether oxygens (including phenoxy) is 2. The van der Waals surface area contributed by atoms with Gasteiger partial charge in [-0.1, -0.05) is 6.92 Å². The Morgan fingerprint density at radius 2 is 1.83 bits per heavy atom. The number of aryl methyl sites for hydroxylation is 1. The second kappa shape index (κ2) is 11.2. The Kier molecular flexibility index (Phi) is 8.47. The highest BCUT2D eigenvalue weighted by atomic mass is 19.4. The molecular formula is C25H33F3N6O2. The number of methoxy groups -OCH3 is 1. The van der Waals surface area contributed by atoms with Crippen molar-refractivity contribution < 1.29 is 22.6 Å². The molecule has 0 saturated carbocycles. The van der Waals surface area contributed by atoms with E-state index in [4.69, 9.17) is 20.9 Å². The van der Waals surface area contributed by atoms with E-state index in [0.717, 1.165) is 25.1 Å². The van der Waals surface area contributed by atoms with Crippen LogP contribution in [-0.4, -0.2) is 48.3 Å². The molecule has 0 spiro atoms. The molecule has 0 aliphatic rings. The number of benzene rings is 2. The largest absolute Gasteiger partial charge is 0.493 e. The fourth-order valence-electron chi connectivity index (χ4n) is 3.97. The minimum absolute atomic E-state index is 0.0275. The summed E-state index contributed by atoms with van der Waals surface area (Å²) in [4.78, 5) is 11.1. The second-order valence-electron chi connectivity index (χ2n) is 8.81. The SMILES string of the molecule is CCCN(C)CC(N)Oc1cc2c(N[C@H](C)c3cc(N)cc(C(F)(F)F)c3)nc(C)nc2cc1OC. The van der Waals surface area contributed by atoms with Crippen molar-refractivity contribution in [1.29, 1.82) is 0 Å². The van der Waals surface area contributed by atoms with Gasteiger partial charge in [0, 0.05) is 23.7 Å². The maximum absolute atomic E-state index is 13.3. The molecular weight excluding hydrogens is 473 g/mol. The number of likely N-dealkylation sites (N-methyl/N-ethyl adjacent to an activating group) is 1. The molecule has 8 nitrogen and oxygen atoms in total. The summed E-state index contributed by atoms with van der Waals surface area (Å²) < 4.78 is 51.4. The zero-order valence-corrected chi connectivity index (χ0v) is 21.1. The van der Waals surface area contributed by atoms with Crippen molar-refractivity contribution in [3.63, 3.8) is 0 Å². The Labute approximate surface area is 208 Å². The predicted molar refractivity (Wildman–Crippen MR) is 135 cm³/mol. The van der Waals surface area contributed by atoms with Crippen molar-refractivity contribution in [2.45, 2.75) is 45.6 Å². The third kappa shape index (κ3) is 6.67. The molecule has 3 aromatic rings. The number of nitrogens with zero attached hydrogens (tertiary/aromatic N) is 3. The molecule has 196 valence electrons. The minimum atomic E-state index is -4.51. The van der Waals surface area contributed by atoms with Crippen molar-refractivity contribution in [3.05, 3.63) is 47.3 Å². The lowest BCUT2D eigenvalue weighted by atomic mass is 10.0.